The minimum atomic E-state index is -1.13. The lowest BCUT2D eigenvalue weighted by atomic mass is 10.1. The Bertz CT molecular complexity index is 1030. The molecule has 0 unspecified atom stereocenters. The first-order chi connectivity index (χ1) is 16.2. The molecule has 0 spiro atoms. The molecule has 3 rings (SSSR count). The van der Waals surface area contributed by atoms with Crippen LogP contribution in [0.3, 0.4) is 0 Å². The molecule has 1 aliphatic heterocycles. The fraction of sp³-hybridized carbons (Fsp3) is 0.375. The lowest BCUT2D eigenvalue weighted by Crippen LogP contribution is -2.58. The molecule has 34 heavy (non-hydrogen) atoms. The van der Waals surface area contributed by atoms with Gasteiger partial charge in [-0.25, -0.2) is 9.18 Å². The number of piperazine rings is 1. The van der Waals surface area contributed by atoms with E-state index in [1.807, 2.05) is 11.8 Å². The van der Waals surface area contributed by atoms with Gasteiger partial charge >= 0.3 is 5.97 Å². The van der Waals surface area contributed by atoms with E-state index in [0.717, 1.165) is 10.0 Å². The summed E-state index contributed by atoms with van der Waals surface area (Å²) in [6.07, 6.45) is 1.34. The fourth-order valence-electron chi connectivity index (χ4n) is 3.75. The third-order valence-electron chi connectivity index (χ3n) is 5.51. The minimum absolute atomic E-state index is 0.0110. The Labute approximate surface area is 206 Å². The van der Waals surface area contributed by atoms with Gasteiger partial charge in [0.1, 0.15) is 11.6 Å². The molecule has 1 saturated heterocycles. The van der Waals surface area contributed by atoms with Crippen LogP contribution in [-0.2, 0) is 21.0 Å². The molecule has 1 heterocycles. The normalized spacial score (nSPS) is 18.8. The highest BCUT2D eigenvalue weighted by Crippen LogP contribution is 2.23. The number of halogens is 2. The number of amides is 1. The van der Waals surface area contributed by atoms with Gasteiger partial charge in [0.05, 0.1) is 6.21 Å². The summed E-state index contributed by atoms with van der Waals surface area (Å²) in [6, 6.07) is 11.8. The Hall–Kier alpha value is -2.98. The number of carbonyl (C=O) groups is 2. The standard InChI is InChI=1S/C24H27BrFN3O5/c1-16-12-29(17(2)11-28(16)13-18-3-6-21(26)7-4-18)23(30)14-33-22-8-5-20(25)9-19(22)10-27-34-15-24(31)32/h3-10,16-17H,11-15H2,1-2H3,(H,31,32)/t16-,17+/m0/s1. The summed E-state index contributed by atoms with van der Waals surface area (Å²) >= 11 is 3.37. The van der Waals surface area contributed by atoms with Gasteiger partial charge in [-0.2, -0.15) is 0 Å². The number of nitrogens with zero attached hydrogens (tertiary/aromatic N) is 3. The molecule has 0 aromatic heterocycles. The summed E-state index contributed by atoms with van der Waals surface area (Å²) in [5, 5.41) is 12.3. The predicted octanol–water partition coefficient (Wildman–Crippen LogP) is 3.52. The second-order valence-electron chi connectivity index (χ2n) is 8.17. The number of carbonyl (C=O) groups excluding carboxylic acids is 1. The van der Waals surface area contributed by atoms with Crippen molar-refractivity contribution in [3.8, 4) is 5.75 Å². The monoisotopic (exact) mass is 535 g/mol. The van der Waals surface area contributed by atoms with Gasteiger partial charge in [-0.05, 0) is 49.7 Å². The maximum atomic E-state index is 13.2. The van der Waals surface area contributed by atoms with Gasteiger partial charge in [0.2, 0.25) is 6.61 Å². The molecule has 1 N–H and O–H groups in total. The average molecular weight is 536 g/mol. The molecule has 1 amide bonds. The van der Waals surface area contributed by atoms with E-state index in [4.69, 9.17) is 14.7 Å². The number of benzene rings is 2. The summed E-state index contributed by atoms with van der Waals surface area (Å²) in [5.74, 6) is -1.09. The molecule has 1 fully saturated rings. The molecule has 182 valence electrons. The number of hydrogen-bond acceptors (Lipinski definition) is 6. The van der Waals surface area contributed by atoms with Gasteiger partial charge in [0.25, 0.3) is 5.91 Å². The van der Waals surface area contributed by atoms with Gasteiger partial charge in [-0.3, -0.25) is 9.69 Å². The van der Waals surface area contributed by atoms with Crippen LogP contribution in [0.25, 0.3) is 0 Å². The zero-order valence-electron chi connectivity index (χ0n) is 19.0. The predicted molar refractivity (Wildman–Crippen MR) is 128 cm³/mol. The minimum Gasteiger partial charge on any atom is -0.483 e. The fourth-order valence-corrected chi connectivity index (χ4v) is 4.13. The van der Waals surface area contributed by atoms with Crippen LogP contribution in [0.1, 0.15) is 25.0 Å². The Morgan fingerprint density at radius 1 is 1.15 bits per heavy atom. The Balaban J connectivity index is 1.58. The molecular formula is C24H27BrFN3O5. The number of carboxylic acid groups (broad SMARTS) is 1. The molecule has 0 aliphatic carbocycles. The topological polar surface area (TPSA) is 91.7 Å². The van der Waals surface area contributed by atoms with Crippen LogP contribution in [0.4, 0.5) is 4.39 Å². The van der Waals surface area contributed by atoms with Crippen LogP contribution in [0.2, 0.25) is 0 Å². The van der Waals surface area contributed by atoms with Crippen molar-refractivity contribution in [3.63, 3.8) is 0 Å². The average Bonchev–Trinajstić information content (AvgIpc) is 2.79. The highest BCUT2D eigenvalue weighted by atomic mass is 79.9. The third-order valence-corrected chi connectivity index (χ3v) is 6.00. The van der Waals surface area contributed by atoms with Crippen LogP contribution in [-0.4, -0.2) is 71.4 Å². The van der Waals surface area contributed by atoms with Gasteiger partial charge in [0.15, 0.2) is 6.61 Å². The Morgan fingerprint density at radius 2 is 1.88 bits per heavy atom. The van der Waals surface area contributed by atoms with Crippen LogP contribution < -0.4 is 4.74 Å². The lowest BCUT2D eigenvalue weighted by Gasteiger charge is -2.44. The molecule has 2 aromatic rings. The van der Waals surface area contributed by atoms with E-state index < -0.39 is 12.6 Å². The largest absolute Gasteiger partial charge is 0.483 e. The van der Waals surface area contributed by atoms with E-state index in [0.29, 0.717) is 30.9 Å². The number of rotatable bonds is 9. The summed E-state index contributed by atoms with van der Waals surface area (Å²) in [6.45, 7) is 5.31. The zero-order valence-corrected chi connectivity index (χ0v) is 20.6. The quantitative estimate of drug-likeness (QED) is 0.390. The second-order valence-corrected chi connectivity index (χ2v) is 9.09. The van der Waals surface area contributed by atoms with Crippen LogP contribution in [0, 0.1) is 5.82 Å². The van der Waals surface area contributed by atoms with E-state index in [1.54, 1.807) is 30.3 Å². The summed E-state index contributed by atoms with van der Waals surface area (Å²) in [7, 11) is 0. The van der Waals surface area contributed by atoms with Crippen molar-refractivity contribution in [2.45, 2.75) is 32.5 Å². The van der Waals surface area contributed by atoms with E-state index in [9.17, 15) is 14.0 Å². The molecule has 10 heteroatoms. The molecule has 1 aliphatic rings. The Morgan fingerprint density at radius 3 is 2.59 bits per heavy atom. The third kappa shape index (κ3) is 7.26. The SMILES string of the molecule is C[C@@H]1CN(Cc2ccc(F)cc2)[C@@H](C)CN1C(=O)COc1ccc(Br)cc1C=NOCC(=O)O. The molecule has 0 radical (unpaired) electrons. The van der Waals surface area contributed by atoms with Crippen molar-refractivity contribution >= 4 is 34.0 Å². The van der Waals surface area contributed by atoms with Crippen molar-refractivity contribution in [2.24, 2.45) is 5.16 Å². The molecule has 2 atom stereocenters. The number of carboxylic acids is 1. The highest BCUT2D eigenvalue weighted by molar-refractivity contribution is 9.10. The van der Waals surface area contributed by atoms with Crippen molar-refractivity contribution in [1.82, 2.24) is 9.80 Å². The number of oxime groups is 1. The molecular weight excluding hydrogens is 509 g/mol. The van der Waals surface area contributed by atoms with E-state index in [-0.39, 0.29) is 30.4 Å². The van der Waals surface area contributed by atoms with Crippen LogP contribution in [0.15, 0.2) is 52.1 Å². The lowest BCUT2D eigenvalue weighted by molar-refractivity contribution is -0.142. The summed E-state index contributed by atoms with van der Waals surface area (Å²) < 4.78 is 19.7. The summed E-state index contributed by atoms with van der Waals surface area (Å²) in [5.41, 5.74) is 1.57. The van der Waals surface area contributed by atoms with E-state index in [1.165, 1.54) is 18.3 Å². The first-order valence-corrected chi connectivity index (χ1v) is 11.6. The summed E-state index contributed by atoms with van der Waals surface area (Å²) in [4.78, 5) is 32.3. The number of ether oxygens (including phenoxy) is 1. The molecule has 0 saturated carbocycles. The number of hydrogen-bond donors (Lipinski definition) is 1. The van der Waals surface area contributed by atoms with Crippen molar-refractivity contribution in [1.29, 1.82) is 0 Å². The van der Waals surface area contributed by atoms with Crippen molar-refractivity contribution in [3.05, 3.63) is 63.9 Å². The number of aliphatic carboxylic acids is 1. The van der Waals surface area contributed by atoms with Crippen LogP contribution in [0.5, 0.6) is 5.75 Å². The first kappa shape index (κ1) is 25.6. The Kier molecular flexibility index (Phi) is 9.00. The van der Waals surface area contributed by atoms with Gasteiger partial charge < -0.3 is 19.6 Å². The van der Waals surface area contributed by atoms with Crippen molar-refractivity contribution < 1.29 is 28.7 Å². The highest BCUT2D eigenvalue weighted by Gasteiger charge is 2.32. The molecule has 0 bridgehead atoms. The van der Waals surface area contributed by atoms with Gasteiger partial charge in [-0.15, -0.1) is 0 Å². The van der Waals surface area contributed by atoms with Crippen molar-refractivity contribution in [2.75, 3.05) is 26.3 Å². The zero-order chi connectivity index (χ0) is 24.7. The molecule has 8 nitrogen and oxygen atoms in total. The smallest absolute Gasteiger partial charge is 0.344 e. The van der Waals surface area contributed by atoms with E-state index in [2.05, 4.69) is 32.9 Å². The van der Waals surface area contributed by atoms with Gasteiger partial charge in [0, 0.05) is 41.8 Å². The second kappa shape index (κ2) is 11.9. The van der Waals surface area contributed by atoms with Crippen LogP contribution >= 0.6 is 15.9 Å². The maximum absolute atomic E-state index is 13.2. The van der Waals surface area contributed by atoms with E-state index >= 15 is 0 Å². The first-order valence-electron chi connectivity index (χ1n) is 10.8. The maximum Gasteiger partial charge on any atom is 0.344 e. The molecule has 2 aromatic carbocycles. The van der Waals surface area contributed by atoms with Gasteiger partial charge in [-0.1, -0.05) is 33.2 Å².